The number of anilines is 1. The van der Waals surface area contributed by atoms with E-state index in [0.29, 0.717) is 17.8 Å². The van der Waals surface area contributed by atoms with Gasteiger partial charge < -0.3 is 5.32 Å². The molecular formula is C24H26N2O3S. The third-order valence-electron chi connectivity index (χ3n) is 4.85. The molecule has 0 aliphatic heterocycles. The number of carbonyl (C=O) groups excluding carboxylic acids is 1. The van der Waals surface area contributed by atoms with Crippen LogP contribution in [0.15, 0.2) is 77.7 Å². The van der Waals surface area contributed by atoms with Crippen LogP contribution in [0.1, 0.15) is 33.5 Å². The quantitative estimate of drug-likeness (QED) is 0.526. The molecule has 0 radical (unpaired) electrons. The lowest BCUT2D eigenvalue weighted by molar-refractivity contribution is 0.0953. The topological polar surface area (TPSA) is 75.3 Å². The fraction of sp³-hybridized carbons (Fsp3) is 0.208. The zero-order valence-electron chi connectivity index (χ0n) is 17.2. The van der Waals surface area contributed by atoms with Crippen molar-refractivity contribution in [1.82, 2.24) is 5.32 Å². The van der Waals surface area contributed by atoms with Crippen LogP contribution in [0.25, 0.3) is 0 Å². The summed E-state index contributed by atoms with van der Waals surface area (Å²) in [5.41, 5.74) is 4.02. The number of aryl methyl sites for hydroxylation is 3. The Morgan fingerprint density at radius 2 is 1.60 bits per heavy atom. The van der Waals surface area contributed by atoms with E-state index in [0.717, 1.165) is 18.4 Å². The SMILES string of the molecule is Cc1ccc(CCCNC(=O)c2ccc(C)c(NS(=O)(=O)c3ccccc3)c2)cc1. The maximum absolute atomic E-state index is 12.6. The van der Waals surface area contributed by atoms with Gasteiger partial charge in [0.15, 0.2) is 0 Å². The van der Waals surface area contributed by atoms with Gasteiger partial charge in [-0.3, -0.25) is 9.52 Å². The molecule has 0 heterocycles. The molecule has 3 aromatic rings. The van der Waals surface area contributed by atoms with Crippen LogP contribution in [0.4, 0.5) is 5.69 Å². The van der Waals surface area contributed by atoms with Gasteiger partial charge in [-0.15, -0.1) is 0 Å². The minimum absolute atomic E-state index is 0.176. The van der Waals surface area contributed by atoms with Crippen LogP contribution in [-0.2, 0) is 16.4 Å². The average molecular weight is 423 g/mol. The first-order valence-electron chi connectivity index (χ1n) is 9.87. The molecule has 0 aliphatic rings. The molecule has 6 heteroatoms. The van der Waals surface area contributed by atoms with Crippen molar-refractivity contribution in [2.45, 2.75) is 31.6 Å². The molecule has 0 saturated heterocycles. The average Bonchev–Trinajstić information content (AvgIpc) is 2.74. The van der Waals surface area contributed by atoms with Crippen molar-refractivity contribution in [3.05, 3.63) is 95.1 Å². The number of benzene rings is 3. The molecule has 0 fully saturated rings. The monoisotopic (exact) mass is 422 g/mol. The molecule has 1 amide bonds. The van der Waals surface area contributed by atoms with Crippen LogP contribution in [0.3, 0.4) is 0 Å². The summed E-state index contributed by atoms with van der Waals surface area (Å²) in [6.45, 7) is 4.40. The summed E-state index contributed by atoms with van der Waals surface area (Å²) in [5.74, 6) is -0.223. The molecule has 0 aliphatic carbocycles. The molecule has 156 valence electrons. The van der Waals surface area contributed by atoms with Gasteiger partial charge in [0.25, 0.3) is 15.9 Å². The van der Waals surface area contributed by atoms with E-state index < -0.39 is 10.0 Å². The highest BCUT2D eigenvalue weighted by Crippen LogP contribution is 2.21. The van der Waals surface area contributed by atoms with Crippen molar-refractivity contribution in [2.24, 2.45) is 0 Å². The van der Waals surface area contributed by atoms with E-state index in [9.17, 15) is 13.2 Å². The summed E-state index contributed by atoms with van der Waals surface area (Å²) in [5, 5.41) is 2.91. The standard InChI is InChI=1S/C24H26N2O3S/c1-18-10-13-20(14-11-18)7-6-16-25-24(27)21-15-12-19(2)23(17-21)26-30(28,29)22-8-4-3-5-9-22/h3-5,8-15,17,26H,6-7,16H2,1-2H3,(H,25,27). The van der Waals surface area contributed by atoms with Crippen LogP contribution in [0.2, 0.25) is 0 Å². The van der Waals surface area contributed by atoms with Crippen molar-refractivity contribution in [3.63, 3.8) is 0 Å². The van der Waals surface area contributed by atoms with Gasteiger partial charge in [0, 0.05) is 12.1 Å². The summed E-state index contributed by atoms with van der Waals surface area (Å²) in [4.78, 5) is 12.7. The van der Waals surface area contributed by atoms with E-state index >= 15 is 0 Å². The Bertz CT molecular complexity index is 1110. The van der Waals surface area contributed by atoms with Gasteiger partial charge >= 0.3 is 0 Å². The first-order chi connectivity index (χ1) is 14.3. The summed E-state index contributed by atoms with van der Waals surface area (Å²) < 4.78 is 27.8. The number of sulfonamides is 1. The smallest absolute Gasteiger partial charge is 0.261 e. The lowest BCUT2D eigenvalue weighted by Gasteiger charge is -2.12. The summed E-state index contributed by atoms with van der Waals surface area (Å²) in [7, 11) is -3.71. The zero-order chi connectivity index (χ0) is 21.6. The Balaban J connectivity index is 1.61. The molecule has 0 spiro atoms. The van der Waals surface area contributed by atoms with Gasteiger partial charge in [0.2, 0.25) is 0 Å². The summed E-state index contributed by atoms with van der Waals surface area (Å²) >= 11 is 0. The fourth-order valence-electron chi connectivity index (χ4n) is 3.03. The van der Waals surface area contributed by atoms with Gasteiger partial charge in [0.1, 0.15) is 0 Å². The first-order valence-corrected chi connectivity index (χ1v) is 11.4. The molecule has 30 heavy (non-hydrogen) atoms. The number of hydrogen-bond acceptors (Lipinski definition) is 3. The number of carbonyl (C=O) groups is 1. The molecule has 2 N–H and O–H groups in total. The molecule has 0 unspecified atom stereocenters. The highest BCUT2D eigenvalue weighted by Gasteiger charge is 2.16. The van der Waals surface area contributed by atoms with Crippen molar-refractivity contribution >= 4 is 21.6 Å². The predicted octanol–water partition coefficient (Wildman–Crippen LogP) is 4.47. The van der Waals surface area contributed by atoms with Crippen LogP contribution in [0.5, 0.6) is 0 Å². The van der Waals surface area contributed by atoms with E-state index in [1.54, 1.807) is 43.3 Å². The molecule has 0 saturated carbocycles. The third-order valence-corrected chi connectivity index (χ3v) is 6.23. The Hall–Kier alpha value is -3.12. The Morgan fingerprint density at radius 1 is 0.900 bits per heavy atom. The van der Waals surface area contributed by atoms with Crippen LogP contribution in [0, 0.1) is 13.8 Å². The highest BCUT2D eigenvalue weighted by molar-refractivity contribution is 7.92. The molecule has 0 bridgehead atoms. The van der Waals surface area contributed by atoms with E-state index in [-0.39, 0.29) is 10.8 Å². The molecular weight excluding hydrogens is 396 g/mol. The van der Waals surface area contributed by atoms with Gasteiger partial charge in [-0.05, 0) is 62.1 Å². The summed E-state index contributed by atoms with van der Waals surface area (Å²) in [6.07, 6.45) is 1.71. The van der Waals surface area contributed by atoms with Crippen LogP contribution in [-0.4, -0.2) is 20.9 Å². The second-order valence-electron chi connectivity index (χ2n) is 7.29. The van der Waals surface area contributed by atoms with E-state index in [1.807, 2.05) is 0 Å². The first kappa shape index (κ1) is 21.6. The molecule has 3 aromatic carbocycles. The van der Waals surface area contributed by atoms with Crippen molar-refractivity contribution in [1.29, 1.82) is 0 Å². The summed E-state index contributed by atoms with van der Waals surface area (Å²) in [6, 6.07) is 21.5. The van der Waals surface area contributed by atoms with Gasteiger partial charge in [0.05, 0.1) is 10.6 Å². The lowest BCUT2D eigenvalue weighted by Crippen LogP contribution is -2.25. The predicted molar refractivity (Wildman–Crippen MR) is 120 cm³/mol. The molecule has 0 atom stereocenters. The fourth-order valence-corrected chi connectivity index (χ4v) is 4.17. The maximum Gasteiger partial charge on any atom is 0.261 e. The number of hydrogen-bond donors (Lipinski definition) is 2. The zero-order valence-corrected chi connectivity index (χ0v) is 18.0. The molecule has 3 rings (SSSR count). The third kappa shape index (κ3) is 5.70. The number of nitrogens with one attached hydrogen (secondary N) is 2. The van der Waals surface area contributed by atoms with Gasteiger partial charge in [-0.25, -0.2) is 8.42 Å². The highest BCUT2D eigenvalue weighted by atomic mass is 32.2. The Morgan fingerprint density at radius 3 is 2.30 bits per heavy atom. The van der Waals surface area contributed by atoms with Crippen molar-refractivity contribution in [3.8, 4) is 0 Å². The lowest BCUT2D eigenvalue weighted by atomic mass is 10.1. The molecule has 5 nitrogen and oxygen atoms in total. The van der Waals surface area contributed by atoms with Crippen molar-refractivity contribution < 1.29 is 13.2 Å². The molecule has 0 aromatic heterocycles. The minimum atomic E-state index is -3.71. The second kappa shape index (κ2) is 9.59. The maximum atomic E-state index is 12.6. The van der Waals surface area contributed by atoms with E-state index in [4.69, 9.17) is 0 Å². The van der Waals surface area contributed by atoms with Gasteiger partial charge in [-0.2, -0.15) is 0 Å². The van der Waals surface area contributed by atoms with Crippen LogP contribution < -0.4 is 10.0 Å². The van der Waals surface area contributed by atoms with Crippen molar-refractivity contribution in [2.75, 3.05) is 11.3 Å². The van der Waals surface area contributed by atoms with Crippen LogP contribution >= 0.6 is 0 Å². The van der Waals surface area contributed by atoms with Gasteiger partial charge in [-0.1, -0.05) is 54.1 Å². The number of rotatable bonds is 8. The van der Waals surface area contributed by atoms with E-state index in [1.165, 1.54) is 23.3 Å². The largest absolute Gasteiger partial charge is 0.352 e. The Kier molecular flexibility index (Phi) is 6.90. The number of amides is 1. The normalized spacial score (nSPS) is 11.1. The Labute approximate surface area is 178 Å². The minimum Gasteiger partial charge on any atom is -0.352 e. The second-order valence-corrected chi connectivity index (χ2v) is 8.98. The van der Waals surface area contributed by atoms with E-state index in [2.05, 4.69) is 41.2 Å².